The maximum Gasteiger partial charge on any atom is 0.203 e. The van der Waals surface area contributed by atoms with E-state index in [2.05, 4.69) is 53.0 Å². The van der Waals surface area contributed by atoms with E-state index in [1.165, 1.54) is 0 Å². The second kappa shape index (κ2) is 10.5. The molecule has 5 nitrogen and oxygen atoms in total. The molecule has 2 aromatic carbocycles. The molecule has 3 aromatic rings. The van der Waals surface area contributed by atoms with Gasteiger partial charge in [0.1, 0.15) is 12.4 Å². The van der Waals surface area contributed by atoms with E-state index in [0.29, 0.717) is 18.8 Å². The number of nitrogens with zero attached hydrogens (tertiary/aromatic N) is 3. The van der Waals surface area contributed by atoms with Gasteiger partial charge in [0.15, 0.2) is 0 Å². The lowest BCUT2D eigenvalue weighted by molar-refractivity contribution is 0.284. The van der Waals surface area contributed by atoms with Crippen LogP contribution >= 0.6 is 17.0 Å². The zero-order chi connectivity index (χ0) is 19.2. The molecule has 0 aliphatic heterocycles. The topological polar surface area (TPSA) is 46.2 Å². The second-order valence-corrected chi connectivity index (χ2v) is 6.76. The SMILES string of the molecule is Br.CCN(CC)CCn1c(=N)n(CCOc2ccccc2C)c2ccccc21. The summed E-state index contributed by atoms with van der Waals surface area (Å²) in [5.74, 6) is 0.912. The molecule has 0 bridgehead atoms. The molecule has 1 heterocycles. The van der Waals surface area contributed by atoms with E-state index in [-0.39, 0.29) is 17.0 Å². The highest BCUT2D eigenvalue weighted by molar-refractivity contribution is 8.93. The van der Waals surface area contributed by atoms with Gasteiger partial charge in [-0.25, -0.2) is 0 Å². The zero-order valence-corrected chi connectivity index (χ0v) is 18.7. The van der Waals surface area contributed by atoms with Gasteiger partial charge in [0, 0.05) is 13.1 Å². The molecule has 0 unspecified atom stereocenters. The first-order valence-corrected chi connectivity index (χ1v) is 9.79. The van der Waals surface area contributed by atoms with Crippen LogP contribution in [0.4, 0.5) is 0 Å². The summed E-state index contributed by atoms with van der Waals surface area (Å²) < 4.78 is 10.1. The Morgan fingerprint density at radius 2 is 1.46 bits per heavy atom. The molecule has 1 N–H and O–H groups in total. The van der Waals surface area contributed by atoms with Crippen LogP contribution in [0.15, 0.2) is 48.5 Å². The highest BCUT2D eigenvalue weighted by atomic mass is 79.9. The number of nitrogens with one attached hydrogen (secondary N) is 1. The van der Waals surface area contributed by atoms with Gasteiger partial charge >= 0.3 is 0 Å². The number of para-hydroxylation sites is 3. The smallest absolute Gasteiger partial charge is 0.203 e. The van der Waals surface area contributed by atoms with Crippen molar-refractivity contribution in [2.75, 3.05) is 26.2 Å². The Balaban J connectivity index is 0.00000280. The Hall–Kier alpha value is -2.05. The van der Waals surface area contributed by atoms with Gasteiger partial charge in [-0.3, -0.25) is 5.41 Å². The summed E-state index contributed by atoms with van der Waals surface area (Å²) >= 11 is 0. The fraction of sp³-hybridized carbons (Fsp3) is 0.409. The molecule has 0 aliphatic carbocycles. The predicted octanol–water partition coefficient (Wildman–Crippen LogP) is 4.23. The Morgan fingerprint density at radius 3 is 2.07 bits per heavy atom. The van der Waals surface area contributed by atoms with Gasteiger partial charge in [-0.1, -0.05) is 44.2 Å². The summed E-state index contributed by atoms with van der Waals surface area (Å²) in [5, 5.41) is 8.71. The third-order valence-corrected chi connectivity index (χ3v) is 5.17. The van der Waals surface area contributed by atoms with E-state index in [0.717, 1.165) is 48.5 Å². The first-order chi connectivity index (χ1) is 13.2. The van der Waals surface area contributed by atoms with Crippen molar-refractivity contribution in [3.05, 3.63) is 59.7 Å². The Bertz CT molecular complexity index is 943. The molecule has 152 valence electrons. The molecule has 3 rings (SSSR count). The van der Waals surface area contributed by atoms with E-state index >= 15 is 0 Å². The third-order valence-electron chi connectivity index (χ3n) is 5.17. The number of halogens is 1. The molecule has 0 atom stereocenters. The van der Waals surface area contributed by atoms with Crippen LogP contribution in [-0.2, 0) is 13.1 Å². The van der Waals surface area contributed by atoms with Gasteiger partial charge < -0.3 is 18.8 Å². The van der Waals surface area contributed by atoms with Gasteiger partial charge in [-0.05, 0) is 43.8 Å². The van der Waals surface area contributed by atoms with Crippen LogP contribution in [0.3, 0.4) is 0 Å². The molecule has 0 fully saturated rings. The molecule has 0 saturated carbocycles. The fourth-order valence-corrected chi connectivity index (χ4v) is 3.49. The maximum absolute atomic E-state index is 8.71. The predicted molar refractivity (Wildman–Crippen MR) is 121 cm³/mol. The number of hydrogen-bond donors (Lipinski definition) is 1. The first kappa shape index (κ1) is 22.2. The molecule has 0 spiro atoms. The molecule has 6 heteroatoms. The molecule has 0 amide bonds. The number of ether oxygens (including phenoxy) is 1. The number of aromatic nitrogens is 2. The van der Waals surface area contributed by atoms with Gasteiger partial charge in [0.2, 0.25) is 5.62 Å². The van der Waals surface area contributed by atoms with E-state index in [1.807, 2.05) is 30.3 Å². The van der Waals surface area contributed by atoms with Crippen molar-refractivity contribution < 1.29 is 4.74 Å². The van der Waals surface area contributed by atoms with Crippen molar-refractivity contribution in [2.45, 2.75) is 33.9 Å². The largest absolute Gasteiger partial charge is 0.491 e. The maximum atomic E-state index is 8.71. The molecule has 0 radical (unpaired) electrons. The number of hydrogen-bond acceptors (Lipinski definition) is 3. The van der Waals surface area contributed by atoms with E-state index in [4.69, 9.17) is 10.1 Å². The average Bonchev–Trinajstić information content (AvgIpc) is 2.96. The van der Waals surface area contributed by atoms with Gasteiger partial charge in [0.25, 0.3) is 0 Å². The van der Waals surface area contributed by atoms with Crippen LogP contribution in [0.2, 0.25) is 0 Å². The van der Waals surface area contributed by atoms with Gasteiger partial charge in [0.05, 0.1) is 17.6 Å². The van der Waals surface area contributed by atoms with Crippen LogP contribution in [0.25, 0.3) is 11.0 Å². The minimum absolute atomic E-state index is 0. The van der Waals surface area contributed by atoms with Crippen LogP contribution in [0.5, 0.6) is 5.75 Å². The monoisotopic (exact) mass is 446 g/mol. The highest BCUT2D eigenvalue weighted by Gasteiger charge is 2.11. The van der Waals surface area contributed by atoms with Crippen LogP contribution in [-0.4, -0.2) is 40.3 Å². The molecule has 1 aromatic heterocycles. The van der Waals surface area contributed by atoms with E-state index in [1.54, 1.807) is 0 Å². The van der Waals surface area contributed by atoms with Crippen LogP contribution < -0.4 is 10.4 Å². The van der Waals surface area contributed by atoms with Gasteiger partial charge in [-0.15, -0.1) is 17.0 Å². The van der Waals surface area contributed by atoms with Crippen molar-refractivity contribution in [3.63, 3.8) is 0 Å². The first-order valence-electron chi connectivity index (χ1n) is 9.79. The summed E-state index contributed by atoms with van der Waals surface area (Å²) in [6.07, 6.45) is 0. The highest BCUT2D eigenvalue weighted by Crippen LogP contribution is 2.17. The summed E-state index contributed by atoms with van der Waals surface area (Å²) in [6.45, 7) is 11.5. The average molecular weight is 447 g/mol. The van der Waals surface area contributed by atoms with Crippen molar-refractivity contribution in [1.29, 1.82) is 5.41 Å². The lowest BCUT2D eigenvalue weighted by atomic mass is 10.2. The van der Waals surface area contributed by atoms with Crippen molar-refractivity contribution in [1.82, 2.24) is 14.0 Å². The van der Waals surface area contributed by atoms with Crippen LogP contribution in [0, 0.1) is 12.3 Å². The van der Waals surface area contributed by atoms with Gasteiger partial charge in [-0.2, -0.15) is 0 Å². The minimum Gasteiger partial charge on any atom is -0.491 e. The fourth-order valence-electron chi connectivity index (χ4n) is 3.49. The molecule has 0 aliphatic rings. The Morgan fingerprint density at radius 1 is 0.893 bits per heavy atom. The molecular formula is C22H31BrN4O. The Kier molecular flexibility index (Phi) is 8.33. The normalized spacial score (nSPS) is 11.0. The summed E-state index contributed by atoms with van der Waals surface area (Å²) in [7, 11) is 0. The lowest BCUT2D eigenvalue weighted by Gasteiger charge is -2.18. The zero-order valence-electron chi connectivity index (χ0n) is 17.0. The summed E-state index contributed by atoms with van der Waals surface area (Å²) in [6, 6.07) is 16.3. The molecule has 28 heavy (non-hydrogen) atoms. The third kappa shape index (κ3) is 4.86. The summed E-state index contributed by atoms with van der Waals surface area (Å²) in [5.41, 5.74) is 3.88. The standard InChI is InChI=1S/C22H30N4O.BrH/c1-4-24(5-2)14-15-25-19-11-7-8-12-20(19)26(22(25)23)16-17-27-21-13-9-6-10-18(21)3;/h6-13,23H,4-5,14-17H2,1-3H3;1H. The quantitative estimate of drug-likeness (QED) is 0.534. The number of imidazole rings is 1. The number of benzene rings is 2. The van der Waals surface area contributed by atoms with Crippen molar-refractivity contribution in [3.8, 4) is 5.75 Å². The summed E-state index contributed by atoms with van der Waals surface area (Å²) in [4.78, 5) is 2.39. The van der Waals surface area contributed by atoms with Crippen molar-refractivity contribution in [2.24, 2.45) is 0 Å². The number of rotatable bonds is 9. The molecular weight excluding hydrogens is 416 g/mol. The second-order valence-electron chi connectivity index (χ2n) is 6.76. The number of likely N-dealkylation sites (N-methyl/N-ethyl adjacent to an activating group) is 1. The van der Waals surface area contributed by atoms with Crippen molar-refractivity contribution >= 4 is 28.0 Å². The van der Waals surface area contributed by atoms with E-state index < -0.39 is 0 Å². The number of fused-ring (bicyclic) bond motifs is 1. The van der Waals surface area contributed by atoms with Crippen LogP contribution in [0.1, 0.15) is 19.4 Å². The minimum atomic E-state index is 0. The number of aryl methyl sites for hydroxylation is 1. The van der Waals surface area contributed by atoms with E-state index in [9.17, 15) is 0 Å². The lowest BCUT2D eigenvalue weighted by Crippen LogP contribution is -2.32. The Labute approximate surface area is 177 Å². The molecule has 0 saturated heterocycles.